The number of hydrazine groups is 1. The Bertz CT molecular complexity index is 746. The van der Waals surface area contributed by atoms with E-state index < -0.39 is 0 Å². The molecular weight excluding hydrogens is 350 g/mol. The number of aryl methyl sites for hydroxylation is 1. The van der Waals surface area contributed by atoms with Gasteiger partial charge in [0.15, 0.2) is 0 Å². The molecule has 0 heterocycles. The average molecular weight is 384 g/mol. The maximum absolute atomic E-state index is 5.89. The van der Waals surface area contributed by atoms with Gasteiger partial charge in [-0.1, -0.05) is 43.0 Å². The molecule has 3 atom stereocenters. The topological polar surface area (TPSA) is 50.1 Å². The van der Waals surface area contributed by atoms with Crippen molar-refractivity contribution >= 4 is 18.7 Å². The van der Waals surface area contributed by atoms with E-state index in [9.17, 15) is 0 Å². The van der Waals surface area contributed by atoms with Gasteiger partial charge in [0.1, 0.15) is 0 Å². The van der Waals surface area contributed by atoms with Crippen LogP contribution in [0.2, 0.25) is 0 Å². The van der Waals surface area contributed by atoms with Crippen molar-refractivity contribution in [2.45, 2.75) is 52.1 Å². The lowest BCUT2D eigenvalue weighted by atomic mass is 9.99. The minimum absolute atomic E-state index is 0.207. The van der Waals surface area contributed by atoms with Crippen LogP contribution in [0.25, 0.3) is 6.08 Å². The Hall–Kier alpha value is -1.75. The Labute approximate surface area is 169 Å². The van der Waals surface area contributed by atoms with Crippen LogP contribution in [0, 0.1) is 12.8 Å². The van der Waals surface area contributed by atoms with Crippen molar-refractivity contribution in [3.05, 3.63) is 76.4 Å². The normalized spacial score (nSPS) is 20.6. The van der Waals surface area contributed by atoms with Gasteiger partial charge in [-0.3, -0.25) is 0 Å². The Morgan fingerprint density at radius 3 is 2.78 bits per heavy atom. The van der Waals surface area contributed by atoms with E-state index in [0.29, 0.717) is 16.9 Å². The summed E-state index contributed by atoms with van der Waals surface area (Å²) in [6, 6.07) is 7.52. The van der Waals surface area contributed by atoms with E-state index in [1.54, 1.807) is 0 Å². The van der Waals surface area contributed by atoms with Crippen molar-refractivity contribution in [2.75, 3.05) is 0 Å². The molecule has 1 fully saturated rings. The quantitative estimate of drug-likeness (QED) is 0.270. The molecule has 0 spiro atoms. The number of hydrogen-bond acceptors (Lipinski definition) is 4. The molecule has 0 radical (unpaired) electrons. The van der Waals surface area contributed by atoms with E-state index in [1.165, 1.54) is 28.7 Å². The van der Waals surface area contributed by atoms with Gasteiger partial charge in [0, 0.05) is 23.2 Å². The molecule has 0 saturated heterocycles. The molecule has 0 aromatic heterocycles. The Kier molecular flexibility index (Phi) is 7.96. The molecule has 2 rings (SSSR count). The molecule has 1 aliphatic carbocycles. The first kappa shape index (κ1) is 21.5. The molecule has 4 heteroatoms. The molecule has 27 heavy (non-hydrogen) atoms. The molecule has 0 aliphatic heterocycles. The monoisotopic (exact) mass is 383 g/mol. The van der Waals surface area contributed by atoms with Gasteiger partial charge in [0.2, 0.25) is 0 Å². The minimum atomic E-state index is 0.207. The Morgan fingerprint density at radius 1 is 1.41 bits per heavy atom. The van der Waals surface area contributed by atoms with Crippen molar-refractivity contribution in [3.63, 3.8) is 0 Å². The van der Waals surface area contributed by atoms with Gasteiger partial charge >= 0.3 is 0 Å². The van der Waals surface area contributed by atoms with Crippen LogP contribution < -0.4 is 16.6 Å². The Balaban J connectivity index is 1.81. The zero-order chi connectivity index (χ0) is 20.0. The number of nitrogens with two attached hydrogens (primary N) is 1. The fourth-order valence-electron chi connectivity index (χ4n) is 3.21. The lowest BCUT2D eigenvalue weighted by Crippen LogP contribution is -2.30. The maximum Gasteiger partial charge on any atom is 0.0295 e. The highest BCUT2D eigenvalue weighted by atomic mass is 32.1. The van der Waals surface area contributed by atoms with Crippen molar-refractivity contribution in [1.29, 1.82) is 0 Å². The number of benzene rings is 1. The van der Waals surface area contributed by atoms with Crippen molar-refractivity contribution in [1.82, 2.24) is 10.9 Å². The first-order valence-electron chi connectivity index (χ1n) is 9.53. The summed E-state index contributed by atoms with van der Waals surface area (Å²) in [6.07, 6.45) is 9.20. The van der Waals surface area contributed by atoms with Crippen LogP contribution in [0.5, 0.6) is 0 Å². The van der Waals surface area contributed by atoms with Crippen LogP contribution in [0.15, 0.2) is 59.7 Å². The molecule has 0 amide bonds. The summed E-state index contributed by atoms with van der Waals surface area (Å²) in [5.41, 5.74) is 18.5. The number of hydrogen-bond donors (Lipinski definition) is 4. The van der Waals surface area contributed by atoms with Crippen LogP contribution in [-0.2, 0) is 6.42 Å². The molecule has 3 unspecified atom stereocenters. The van der Waals surface area contributed by atoms with Gasteiger partial charge in [-0.15, -0.1) is 12.6 Å². The average Bonchev–Trinajstić information content (AvgIpc) is 3.31. The molecule has 1 aromatic rings. The summed E-state index contributed by atoms with van der Waals surface area (Å²) in [6.45, 7) is 14.0. The number of nitrogens with one attached hydrogen (secondary N) is 2. The van der Waals surface area contributed by atoms with Crippen LogP contribution in [0.4, 0.5) is 0 Å². The molecule has 146 valence electrons. The molecule has 4 N–H and O–H groups in total. The summed E-state index contributed by atoms with van der Waals surface area (Å²) in [5.74, 6) is 0.676. The van der Waals surface area contributed by atoms with Crippen LogP contribution in [-0.4, -0.2) is 12.1 Å². The van der Waals surface area contributed by atoms with Gasteiger partial charge in [-0.25, -0.2) is 5.43 Å². The second-order valence-electron chi connectivity index (χ2n) is 7.76. The summed E-state index contributed by atoms with van der Waals surface area (Å²) in [4.78, 5) is 0.679. The van der Waals surface area contributed by atoms with Crippen LogP contribution in [0.3, 0.4) is 0 Å². The maximum atomic E-state index is 5.89. The number of allylic oxidation sites excluding steroid dienone is 2. The van der Waals surface area contributed by atoms with Crippen molar-refractivity contribution < 1.29 is 0 Å². The third-order valence-corrected chi connectivity index (χ3v) is 5.10. The SMILES string of the molecule is C=C(S)C(=C)/C=C\NNC1CC1Cc1ccc(/C=C(\C)CC(C)N)c(C)c1. The van der Waals surface area contributed by atoms with Crippen molar-refractivity contribution in [3.8, 4) is 0 Å². The van der Waals surface area contributed by atoms with E-state index in [-0.39, 0.29) is 6.04 Å². The molecule has 1 aromatic carbocycles. The Morgan fingerprint density at radius 2 is 2.15 bits per heavy atom. The van der Waals surface area contributed by atoms with Gasteiger partial charge < -0.3 is 11.2 Å². The predicted octanol–water partition coefficient (Wildman–Crippen LogP) is 4.67. The van der Waals surface area contributed by atoms with E-state index >= 15 is 0 Å². The minimum Gasteiger partial charge on any atom is -0.328 e. The smallest absolute Gasteiger partial charge is 0.0295 e. The third kappa shape index (κ3) is 7.41. The summed E-state index contributed by atoms with van der Waals surface area (Å²) in [7, 11) is 0. The third-order valence-electron chi connectivity index (χ3n) is 4.81. The van der Waals surface area contributed by atoms with Gasteiger partial charge in [-0.2, -0.15) is 0 Å². The zero-order valence-electron chi connectivity index (χ0n) is 16.8. The molecule has 0 bridgehead atoms. The van der Waals surface area contributed by atoms with E-state index in [2.05, 4.69) is 74.8 Å². The molecule has 1 aliphatic rings. The summed E-state index contributed by atoms with van der Waals surface area (Å²) in [5, 5.41) is 0. The first-order chi connectivity index (χ1) is 12.8. The van der Waals surface area contributed by atoms with Crippen molar-refractivity contribution in [2.24, 2.45) is 11.7 Å². The van der Waals surface area contributed by atoms with E-state index in [1.807, 2.05) is 19.2 Å². The predicted molar refractivity (Wildman–Crippen MR) is 121 cm³/mol. The van der Waals surface area contributed by atoms with E-state index in [4.69, 9.17) is 5.73 Å². The second-order valence-corrected chi connectivity index (χ2v) is 8.30. The molecule has 1 saturated carbocycles. The highest BCUT2D eigenvalue weighted by Gasteiger charge is 2.36. The summed E-state index contributed by atoms with van der Waals surface area (Å²) >= 11 is 4.16. The molecular formula is C23H33N3S. The lowest BCUT2D eigenvalue weighted by Gasteiger charge is -2.09. The number of thiol groups is 1. The summed E-state index contributed by atoms with van der Waals surface area (Å²) < 4.78 is 0. The van der Waals surface area contributed by atoms with E-state index in [0.717, 1.165) is 18.4 Å². The van der Waals surface area contributed by atoms with Crippen LogP contribution >= 0.6 is 12.6 Å². The molecule has 3 nitrogen and oxygen atoms in total. The fraction of sp³-hybridized carbons (Fsp3) is 0.391. The highest BCUT2D eigenvalue weighted by molar-refractivity contribution is 7.84. The van der Waals surface area contributed by atoms with Gasteiger partial charge in [0.25, 0.3) is 0 Å². The number of rotatable bonds is 10. The van der Waals surface area contributed by atoms with Gasteiger partial charge in [0.05, 0.1) is 0 Å². The standard InChI is InChI=1S/C23H33N3S/c1-15(10-18(4)24)11-21-7-6-20(12-17(21)3)13-22-14-23(22)26-25-9-8-16(2)19(5)27/h6-9,11-12,18,22-23,25-27H,2,5,10,13-14,24H2,1,3-4H3/b9-8-,15-11+. The first-order valence-corrected chi connectivity index (χ1v) is 9.98. The second kappa shape index (κ2) is 9.98. The lowest BCUT2D eigenvalue weighted by molar-refractivity contribution is 0.580. The highest BCUT2D eigenvalue weighted by Crippen LogP contribution is 2.33. The largest absolute Gasteiger partial charge is 0.328 e. The van der Waals surface area contributed by atoms with Gasteiger partial charge in [-0.05, 0) is 74.3 Å². The van der Waals surface area contributed by atoms with Crippen LogP contribution in [0.1, 0.15) is 43.4 Å². The fourth-order valence-corrected chi connectivity index (χ4v) is 3.28. The zero-order valence-corrected chi connectivity index (χ0v) is 17.7.